The number of fused-ring (bicyclic) bond motifs is 1. The molecule has 0 saturated heterocycles. The fourth-order valence-electron chi connectivity index (χ4n) is 2.19. The summed E-state index contributed by atoms with van der Waals surface area (Å²) in [6, 6.07) is 9.46. The molecule has 0 aliphatic rings. The van der Waals surface area contributed by atoms with Crippen LogP contribution in [0.4, 0.5) is 0 Å². The summed E-state index contributed by atoms with van der Waals surface area (Å²) in [5, 5.41) is 0.614. The largest absolute Gasteiger partial charge is 0.458 e. The van der Waals surface area contributed by atoms with Crippen molar-refractivity contribution in [2.75, 3.05) is 0 Å². The Kier molecular flexibility index (Phi) is 2.93. The van der Waals surface area contributed by atoms with E-state index in [2.05, 4.69) is 23.8 Å². The summed E-state index contributed by atoms with van der Waals surface area (Å²) in [4.78, 5) is 19.5. The normalized spacial score (nSPS) is 11.4. The van der Waals surface area contributed by atoms with E-state index in [-0.39, 0.29) is 5.56 Å². The van der Waals surface area contributed by atoms with E-state index >= 15 is 0 Å². The van der Waals surface area contributed by atoms with Crippen LogP contribution in [0.3, 0.4) is 0 Å². The first-order valence-corrected chi connectivity index (χ1v) is 6.65. The second kappa shape index (κ2) is 4.63. The van der Waals surface area contributed by atoms with Gasteiger partial charge in [0.1, 0.15) is 5.76 Å². The van der Waals surface area contributed by atoms with Crippen molar-refractivity contribution in [3.63, 3.8) is 0 Å². The molecule has 0 unspecified atom stereocenters. The number of hydrogen-bond donors (Lipinski definition) is 1. The topological polar surface area (TPSA) is 58.9 Å². The predicted molar refractivity (Wildman–Crippen MR) is 78.9 cm³/mol. The number of nitrogens with zero attached hydrogens (tertiary/aromatic N) is 1. The van der Waals surface area contributed by atoms with Gasteiger partial charge in [0.2, 0.25) is 0 Å². The first kappa shape index (κ1) is 12.7. The van der Waals surface area contributed by atoms with Crippen molar-refractivity contribution in [3.05, 3.63) is 52.0 Å². The van der Waals surface area contributed by atoms with Crippen LogP contribution < -0.4 is 5.56 Å². The van der Waals surface area contributed by atoms with Crippen LogP contribution in [0.25, 0.3) is 22.5 Å². The lowest BCUT2D eigenvalue weighted by atomic mass is 10.0. The molecule has 4 heteroatoms. The van der Waals surface area contributed by atoms with Crippen LogP contribution in [0.2, 0.25) is 0 Å². The third kappa shape index (κ3) is 2.13. The highest BCUT2D eigenvalue weighted by atomic mass is 16.3. The number of H-pyrrole nitrogens is 1. The zero-order valence-corrected chi connectivity index (χ0v) is 11.7. The summed E-state index contributed by atoms with van der Waals surface area (Å²) in [6.07, 6.45) is 0. The lowest BCUT2D eigenvalue weighted by molar-refractivity contribution is 0.544. The van der Waals surface area contributed by atoms with E-state index in [1.807, 2.05) is 37.3 Å². The molecule has 3 rings (SSSR count). The van der Waals surface area contributed by atoms with Crippen molar-refractivity contribution in [1.82, 2.24) is 9.97 Å². The number of aromatic amines is 1. The van der Waals surface area contributed by atoms with Gasteiger partial charge in [-0.25, -0.2) is 4.98 Å². The SMILES string of the molecule is Cc1ccc(-c2nc3ccc(C(C)C)cc3c(=O)[nH]2)o1. The maximum atomic E-state index is 12.2. The molecular weight excluding hydrogens is 252 g/mol. The molecule has 0 radical (unpaired) electrons. The van der Waals surface area contributed by atoms with Crippen molar-refractivity contribution in [1.29, 1.82) is 0 Å². The Balaban J connectivity index is 2.20. The zero-order valence-electron chi connectivity index (χ0n) is 11.7. The van der Waals surface area contributed by atoms with Crippen molar-refractivity contribution < 1.29 is 4.42 Å². The molecular formula is C16H16N2O2. The number of aromatic nitrogens is 2. The Labute approximate surface area is 116 Å². The van der Waals surface area contributed by atoms with Gasteiger partial charge in [0.25, 0.3) is 5.56 Å². The van der Waals surface area contributed by atoms with Crippen LogP contribution in [0.1, 0.15) is 31.1 Å². The summed E-state index contributed by atoms with van der Waals surface area (Å²) in [7, 11) is 0. The quantitative estimate of drug-likeness (QED) is 0.772. The summed E-state index contributed by atoms with van der Waals surface area (Å²) < 4.78 is 5.50. The maximum absolute atomic E-state index is 12.2. The molecule has 20 heavy (non-hydrogen) atoms. The minimum atomic E-state index is -0.137. The third-order valence-corrected chi connectivity index (χ3v) is 3.37. The lowest BCUT2D eigenvalue weighted by Crippen LogP contribution is -2.09. The molecule has 2 heterocycles. The van der Waals surface area contributed by atoms with Gasteiger partial charge < -0.3 is 9.40 Å². The van der Waals surface area contributed by atoms with Gasteiger partial charge in [-0.2, -0.15) is 0 Å². The number of nitrogens with one attached hydrogen (secondary N) is 1. The van der Waals surface area contributed by atoms with Gasteiger partial charge in [-0.05, 0) is 42.7 Å². The van der Waals surface area contributed by atoms with Crippen molar-refractivity contribution in [2.24, 2.45) is 0 Å². The van der Waals surface area contributed by atoms with Crippen LogP contribution in [0.15, 0.2) is 39.5 Å². The molecule has 4 nitrogen and oxygen atoms in total. The molecule has 2 aromatic heterocycles. The third-order valence-electron chi connectivity index (χ3n) is 3.37. The average molecular weight is 268 g/mol. The maximum Gasteiger partial charge on any atom is 0.259 e. The van der Waals surface area contributed by atoms with Crippen LogP contribution in [-0.4, -0.2) is 9.97 Å². The van der Waals surface area contributed by atoms with E-state index in [1.165, 1.54) is 0 Å². The molecule has 0 amide bonds. The monoisotopic (exact) mass is 268 g/mol. The smallest absolute Gasteiger partial charge is 0.259 e. The molecule has 102 valence electrons. The van der Waals surface area contributed by atoms with Gasteiger partial charge in [-0.15, -0.1) is 0 Å². The molecule has 0 atom stereocenters. The van der Waals surface area contributed by atoms with Crippen molar-refractivity contribution >= 4 is 10.9 Å². The molecule has 3 aromatic rings. The highest BCUT2D eigenvalue weighted by Crippen LogP contribution is 2.21. The number of hydrogen-bond acceptors (Lipinski definition) is 3. The molecule has 1 aromatic carbocycles. The van der Waals surface area contributed by atoms with E-state index in [9.17, 15) is 4.79 Å². The number of rotatable bonds is 2. The summed E-state index contributed by atoms with van der Waals surface area (Å²) in [5.74, 6) is 2.21. The Morgan fingerprint density at radius 2 is 2.00 bits per heavy atom. The van der Waals surface area contributed by atoms with E-state index < -0.39 is 0 Å². The Morgan fingerprint density at radius 1 is 1.20 bits per heavy atom. The first-order valence-electron chi connectivity index (χ1n) is 6.65. The van der Waals surface area contributed by atoms with Crippen LogP contribution in [0, 0.1) is 6.92 Å². The van der Waals surface area contributed by atoms with Gasteiger partial charge in [-0.1, -0.05) is 19.9 Å². The molecule has 1 N–H and O–H groups in total. The fourth-order valence-corrected chi connectivity index (χ4v) is 2.19. The lowest BCUT2D eigenvalue weighted by Gasteiger charge is -2.06. The molecule has 0 spiro atoms. The van der Waals surface area contributed by atoms with Gasteiger partial charge in [0.15, 0.2) is 11.6 Å². The second-order valence-electron chi connectivity index (χ2n) is 5.26. The fraction of sp³-hybridized carbons (Fsp3) is 0.250. The number of aryl methyl sites for hydroxylation is 1. The Bertz CT molecular complexity index is 828. The molecule has 0 saturated carbocycles. The van der Waals surface area contributed by atoms with E-state index in [0.29, 0.717) is 28.4 Å². The van der Waals surface area contributed by atoms with E-state index in [4.69, 9.17) is 4.42 Å². The standard InChI is InChI=1S/C16H16N2O2/c1-9(2)11-5-6-13-12(8-11)16(19)18-15(17-13)14-7-4-10(3)20-14/h4-9H,1-3H3,(H,17,18,19). The number of furan rings is 1. The van der Waals surface area contributed by atoms with Crippen molar-refractivity contribution in [3.8, 4) is 11.6 Å². The first-order chi connectivity index (χ1) is 9.54. The Hall–Kier alpha value is -2.36. The highest BCUT2D eigenvalue weighted by Gasteiger charge is 2.10. The minimum absolute atomic E-state index is 0.137. The van der Waals surface area contributed by atoms with Crippen LogP contribution in [-0.2, 0) is 0 Å². The Morgan fingerprint density at radius 3 is 2.65 bits per heavy atom. The summed E-state index contributed by atoms with van der Waals surface area (Å²) in [5.41, 5.74) is 1.68. The molecule has 0 aliphatic heterocycles. The van der Waals surface area contributed by atoms with Crippen LogP contribution >= 0.6 is 0 Å². The molecule has 0 bridgehead atoms. The summed E-state index contributed by atoms with van der Waals surface area (Å²) in [6.45, 7) is 6.06. The minimum Gasteiger partial charge on any atom is -0.458 e. The van der Waals surface area contributed by atoms with Gasteiger partial charge in [0.05, 0.1) is 10.9 Å². The predicted octanol–water partition coefficient (Wildman–Crippen LogP) is 3.61. The van der Waals surface area contributed by atoms with Crippen LogP contribution in [0.5, 0.6) is 0 Å². The number of benzene rings is 1. The van der Waals surface area contributed by atoms with Crippen molar-refractivity contribution in [2.45, 2.75) is 26.7 Å². The second-order valence-corrected chi connectivity index (χ2v) is 5.26. The molecule has 0 aliphatic carbocycles. The summed E-state index contributed by atoms with van der Waals surface area (Å²) >= 11 is 0. The van der Waals surface area contributed by atoms with Gasteiger partial charge >= 0.3 is 0 Å². The average Bonchev–Trinajstić information content (AvgIpc) is 2.85. The van der Waals surface area contributed by atoms with Gasteiger partial charge in [0, 0.05) is 0 Å². The zero-order chi connectivity index (χ0) is 14.3. The van der Waals surface area contributed by atoms with E-state index in [0.717, 1.165) is 11.3 Å². The molecule has 0 fully saturated rings. The van der Waals surface area contributed by atoms with Gasteiger partial charge in [-0.3, -0.25) is 4.79 Å². The highest BCUT2D eigenvalue weighted by molar-refractivity contribution is 5.79. The van der Waals surface area contributed by atoms with E-state index in [1.54, 1.807) is 0 Å².